The second-order valence-corrected chi connectivity index (χ2v) is 4.25. The zero-order chi connectivity index (χ0) is 12.4. The van der Waals surface area contributed by atoms with E-state index in [9.17, 15) is 4.79 Å². The quantitative estimate of drug-likeness (QED) is 0.638. The highest BCUT2D eigenvalue weighted by Gasteiger charge is 2.10. The van der Waals surface area contributed by atoms with E-state index in [1.165, 1.54) is 0 Å². The minimum Gasteiger partial charge on any atom is -0.316 e. The highest BCUT2D eigenvalue weighted by molar-refractivity contribution is 5.75. The van der Waals surface area contributed by atoms with Crippen LogP contribution in [0.1, 0.15) is 5.56 Å². The lowest BCUT2D eigenvalue weighted by molar-refractivity contribution is -0.107. The highest BCUT2D eigenvalue weighted by Crippen LogP contribution is 2.27. The van der Waals surface area contributed by atoms with Crippen LogP contribution in [-0.2, 0) is 11.2 Å². The molecule has 0 aliphatic rings. The van der Waals surface area contributed by atoms with Gasteiger partial charge in [0, 0.05) is 18.1 Å². The fourth-order valence-corrected chi connectivity index (χ4v) is 2.35. The Morgan fingerprint density at radius 2 is 1.78 bits per heavy atom. The number of benzene rings is 1. The third kappa shape index (κ3) is 1.72. The van der Waals surface area contributed by atoms with Gasteiger partial charge in [0.25, 0.3) is 0 Å². The molecular formula is C16H13NO. The number of carbonyl (C=O) groups excluding carboxylic acids is 1. The molecule has 0 aliphatic heterocycles. The molecule has 0 saturated carbocycles. The smallest absolute Gasteiger partial charge is 0.124 e. The van der Waals surface area contributed by atoms with Crippen molar-refractivity contribution in [2.75, 3.05) is 0 Å². The van der Waals surface area contributed by atoms with Crippen molar-refractivity contribution in [3.63, 3.8) is 0 Å². The maximum atomic E-state index is 10.8. The number of nitrogens with zero attached hydrogens (tertiary/aromatic N) is 1. The largest absolute Gasteiger partial charge is 0.316 e. The Hall–Kier alpha value is -2.35. The lowest BCUT2D eigenvalue weighted by atomic mass is 10.1. The number of hydrogen-bond acceptors (Lipinski definition) is 1. The molecule has 0 aliphatic carbocycles. The van der Waals surface area contributed by atoms with Crippen LogP contribution in [-0.4, -0.2) is 10.7 Å². The summed E-state index contributed by atoms with van der Waals surface area (Å²) in [6, 6.07) is 18.3. The summed E-state index contributed by atoms with van der Waals surface area (Å²) in [7, 11) is 0. The summed E-state index contributed by atoms with van der Waals surface area (Å²) >= 11 is 0. The molecule has 0 radical (unpaired) electrons. The minimum atomic E-state index is 0.450. The number of hydrogen-bond donors (Lipinski definition) is 0. The fourth-order valence-electron chi connectivity index (χ4n) is 2.35. The monoisotopic (exact) mass is 235 g/mol. The Bertz CT molecular complexity index is 683. The normalized spacial score (nSPS) is 10.7. The van der Waals surface area contributed by atoms with Gasteiger partial charge in [-0.05, 0) is 29.3 Å². The van der Waals surface area contributed by atoms with E-state index >= 15 is 0 Å². The number of carbonyl (C=O) groups is 1. The molecule has 0 atom stereocenters. The Balaban J connectivity index is 2.31. The molecule has 3 rings (SSSR count). The van der Waals surface area contributed by atoms with Crippen LogP contribution in [0, 0.1) is 0 Å². The summed E-state index contributed by atoms with van der Waals surface area (Å²) in [5.74, 6) is 0. The second kappa shape index (κ2) is 4.49. The van der Waals surface area contributed by atoms with Gasteiger partial charge in [0.15, 0.2) is 0 Å². The number of aromatic nitrogens is 1. The van der Waals surface area contributed by atoms with Crippen LogP contribution in [0.2, 0.25) is 0 Å². The average molecular weight is 235 g/mol. The molecule has 2 heterocycles. The van der Waals surface area contributed by atoms with Crippen LogP contribution >= 0.6 is 0 Å². The molecule has 0 N–H and O–H groups in total. The van der Waals surface area contributed by atoms with Crippen LogP contribution < -0.4 is 0 Å². The molecular weight excluding hydrogens is 222 g/mol. The van der Waals surface area contributed by atoms with Gasteiger partial charge in [0.2, 0.25) is 0 Å². The van der Waals surface area contributed by atoms with Crippen molar-refractivity contribution >= 4 is 11.8 Å². The first kappa shape index (κ1) is 10.8. The van der Waals surface area contributed by atoms with Gasteiger partial charge in [-0.1, -0.05) is 36.4 Å². The van der Waals surface area contributed by atoms with E-state index in [4.69, 9.17) is 0 Å². The summed E-state index contributed by atoms with van der Waals surface area (Å²) in [6.45, 7) is 0. The third-order valence-corrected chi connectivity index (χ3v) is 3.11. The van der Waals surface area contributed by atoms with Gasteiger partial charge in [-0.15, -0.1) is 0 Å². The Morgan fingerprint density at radius 1 is 1.00 bits per heavy atom. The number of pyridine rings is 1. The number of fused-ring (bicyclic) bond motifs is 1. The molecule has 1 aromatic carbocycles. The summed E-state index contributed by atoms with van der Waals surface area (Å²) < 4.78 is 2.13. The van der Waals surface area contributed by atoms with Crippen molar-refractivity contribution < 1.29 is 4.79 Å². The van der Waals surface area contributed by atoms with Crippen molar-refractivity contribution in [2.24, 2.45) is 0 Å². The first-order chi connectivity index (χ1) is 8.90. The Morgan fingerprint density at radius 3 is 2.56 bits per heavy atom. The van der Waals surface area contributed by atoms with Crippen molar-refractivity contribution in [2.45, 2.75) is 6.42 Å². The molecule has 0 bridgehead atoms. The first-order valence-electron chi connectivity index (χ1n) is 5.98. The standard InChI is InChI=1S/C16H13NO/c18-11-9-14-12-15-8-4-5-10-17(15)16(14)13-6-2-1-3-7-13/h1-8,10-12H,9H2. The molecule has 0 amide bonds. The topological polar surface area (TPSA) is 21.5 Å². The zero-order valence-corrected chi connectivity index (χ0v) is 9.91. The zero-order valence-electron chi connectivity index (χ0n) is 9.91. The molecule has 3 aromatic rings. The SMILES string of the molecule is O=CCc1cc2ccccn2c1-c1ccccc1. The Labute approximate surface area is 105 Å². The van der Waals surface area contributed by atoms with E-state index in [1.807, 2.05) is 36.5 Å². The second-order valence-electron chi connectivity index (χ2n) is 4.25. The molecule has 2 aromatic heterocycles. The lowest BCUT2D eigenvalue weighted by Crippen LogP contribution is -1.91. The van der Waals surface area contributed by atoms with E-state index in [-0.39, 0.29) is 0 Å². The number of aldehydes is 1. The van der Waals surface area contributed by atoms with Gasteiger partial charge in [0.1, 0.15) is 6.29 Å². The van der Waals surface area contributed by atoms with Crippen molar-refractivity contribution in [3.05, 3.63) is 66.4 Å². The predicted octanol–water partition coefficient (Wildman–Crippen LogP) is 3.35. The van der Waals surface area contributed by atoms with E-state index in [1.54, 1.807) is 0 Å². The lowest BCUT2D eigenvalue weighted by Gasteiger charge is -2.05. The Kier molecular flexibility index (Phi) is 2.69. The molecule has 0 saturated heterocycles. The molecule has 0 spiro atoms. The molecule has 2 nitrogen and oxygen atoms in total. The van der Waals surface area contributed by atoms with Crippen LogP contribution in [0.5, 0.6) is 0 Å². The summed E-state index contributed by atoms with van der Waals surface area (Å²) in [5.41, 5.74) is 4.44. The molecule has 88 valence electrons. The van der Waals surface area contributed by atoms with Gasteiger partial charge in [-0.2, -0.15) is 0 Å². The predicted molar refractivity (Wildman–Crippen MR) is 72.6 cm³/mol. The van der Waals surface area contributed by atoms with Crippen LogP contribution in [0.25, 0.3) is 16.8 Å². The molecule has 18 heavy (non-hydrogen) atoms. The van der Waals surface area contributed by atoms with Crippen LogP contribution in [0.3, 0.4) is 0 Å². The van der Waals surface area contributed by atoms with Crippen LogP contribution in [0.15, 0.2) is 60.8 Å². The molecule has 2 heteroatoms. The van der Waals surface area contributed by atoms with Gasteiger partial charge < -0.3 is 9.20 Å². The van der Waals surface area contributed by atoms with Crippen molar-refractivity contribution in [3.8, 4) is 11.3 Å². The van der Waals surface area contributed by atoms with E-state index in [2.05, 4.69) is 28.7 Å². The highest BCUT2D eigenvalue weighted by atomic mass is 16.1. The molecule has 0 fully saturated rings. The van der Waals surface area contributed by atoms with Gasteiger partial charge in [0.05, 0.1) is 5.69 Å². The maximum Gasteiger partial charge on any atom is 0.124 e. The van der Waals surface area contributed by atoms with Gasteiger partial charge in [-0.25, -0.2) is 0 Å². The van der Waals surface area contributed by atoms with Crippen molar-refractivity contribution in [1.82, 2.24) is 4.40 Å². The van der Waals surface area contributed by atoms with E-state index in [0.29, 0.717) is 6.42 Å². The number of rotatable bonds is 3. The molecule has 0 unspecified atom stereocenters. The maximum absolute atomic E-state index is 10.8. The van der Waals surface area contributed by atoms with E-state index in [0.717, 1.165) is 28.6 Å². The van der Waals surface area contributed by atoms with Crippen molar-refractivity contribution in [1.29, 1.82) is 0 Å². The average Bonchev–Trinajstić information content (AvgIpc) is 2.78. The summed E-state index contributed by atoms with van der Waals surface area (Å²) in [5, 5.41) is 0. The summed E-state index contributed by atoms with van der Waals surface area (Å²) in [6.07, 6.45) is 3.44. The fraction of sp³-hybridized carbons (Fsp3) is 0.0625. The first-order valence-corrected chi connectivity index (χ1v) is 5.98. The summed E-state index contributed by atoms with van der Waals surface area (Å²) in [4.78, 5) is 10.8. The third-order valence-electron chi connectivity index (χ3n) is 3.11. The van der Waals surface area contributed by atoms with Crippen LogP contribution in [0.4, 0.5) is 0 Å². The van der Waals surface area contributed by atoms with Gasteiger partial charge in [-0.3, -0.25) is 0 Å². The van der Waals surface area contributed by atoms with Gasteiger partial charge >= 0.3 is 0 Å². The minimum absolute atomic E-state index is 0.450. The van der Waals surface area contributed by atoms with E-state index < -0.39 is 0 Å².